The molecule has 28 heavy (non-hydrogen) atoms. The summed E-state index contributed by atoms with van der Waals surface area (Å²) in [5.74, 6) is 1.59. The summed E-state index contributed by atoms with van der Waals surface area (Å²) in [4.78, 5) is 18.7. The van der Waals surface area contributed by atoms with Crippen LogP contribution in [0.5, 0.6) is 0 Å². The van der Waals surface area contributed by atoms with Crippen LogP contribution in [0.4, 0.5) is 10.5 Å². The maximum Gasteiger partial charge on any atom is 0.321 e. The topological polar surface area (TPSA) is 117 Å². The van der Waals surface area contributed by atoms with Gasteiger partial charge in [-0.15, -0.1) is 0 Å². The van der Waals surface area contributed by atoms with Crippen molar-refractivity contribution in [1.82, 2.24) is 19.8 Å². The fourth-order valence-electron chi connectivity index (χ4n) is 3.35. The standard InChI is InChI=1S/C18H23N5O4S/c1-28(25,26)22-15-6-3-9-23(11-15)18(24)19-14-5-2-4-13(10-14)17-20-16(21-27-17)12-7-8-12/h2,4-5,10,12,15,22H,3,6-9,11H2,1H3,(H,19,24)/t15-/m1/s1. The molecule has 150 valence electrons. The van der Waals surface area contributed by atoms with Crippen molar-refractivity contribution in [3.8, 4) is 11.5 Å². The average molecular weight is 405 g/mol. The average Bonchev–Trinajstić information content (AvgIpc) is 3.37. The second kappa shape index (κ2) is 7.51. The second-order valence-electron chi connectivity index (χ2n) is 7.42. The molecule has 9 nitrogen and oxygen atoms in total. The fourth-order valence-corrected chi connectivity index (χ4v) is 4.15. The normalized spacial score (nSPS) is 20.2. The Bertz CT molecular complexity index is 970. The molecular weight excluding hydrogens is 382 g/mol. The van der Waals surface area contributed by atoms with Gasteiger partial charge in [0, 0.05) is 36.3 Å². The first kappa shape index (κ1) is 18.9. The number of nitrogens with zero attached hydrogens (tertiary/aromatic N) is 3. The van der Waals surface area contributed by atoms with E-state index in [1.54, 1.807) is 17.0 Å². The first-order valence-electron chi connectivity index (χ1n) is 9.35. The van der Waals surface area contributed by atoms with Gasteiger partial charge in [0.25, 0.3) is 5.89 Å². The molecule has 1 saturated carbocycles. The van der Waals surface area contributed by atoms with Gasteiger partial charge >= 0.3 is 6.03 Å². The Balaban J connectivity index is 1.41. The molecule has 1 atom stereocenters. The van der Waals surface area contributed by atoms with Crippen LogP contribution >= 0.6 is 0 Å². The fraction of sp³-hybridized carbons (Fsp3) is 0.500. The van der Waals surface area contributed by atoms with E-state index in [1.165, 1.54) is 0 Å². The smallest absolute Gasteiger partial charge is 0.321 e. The second-order valence-corrected chi connectivity index (χ2v) is 9.20. The van der Waals surface area contributed by atoms with E-state index in [2.05, 4.69) is 20.2 Å². The van der Waals surface area contributed by atoms with Crippen LogP contribution in [0.3, 0.4) is 0 Å². The molecule has 2 aliphatic rings. The third-order valence-corrected chi connectivity index (χ3v) is 5.60. The first-order valence-corrected chi connectivity index (χ1v) is 11.2. The van der Waals surface area contributed by atoms with Crippen molar-refractivity contribution in [2.45, 2.75) is 37.6 Å². The van der Waals surface area contributed by atoms with Gasteiger partial charge in [-0.1, -0.05) is 11.2 Å². The maximum atomic E-state index is 12.6. The molecule has 0 bridgehead atoms. The number of likely N-dealkylation sites (tertiary alicyclic amines) is 1. The minimum absolute atomic E-state index is 0.263. The van der Waals surface area contributed by atoms with Gasteiger partial charge in [-0.25, -0.2) is 17.9 Å². The van der Waals surface area contributed by atoms with E-state index in [9.17, 15) is 13.2 Å². The summed E-state index contributed by atoms with van der Waals surface area (Å²) in [6.45, 7) is 0.925. The number of amides is 2. The van der Waals surface area contributed by atoms with Crippen LogP contribution in [-0.2, 0) is 10.0 Å². The number of nitrogens with one attached hydrogen (secondary N) is 2. The molecule has 2 fully saturated rings. The van der Waals surface area contributed by atoms with Crippen LogP contribution in [0.2, 0.25) is 0 Å². The molecule has 0 spiro atoms. The Hall–Kier alpha value is -2.46. The highest BCUT2D eigenvalue weighted by molar-refractivity contribution is 7.88. The first-order chi connectivity index (χ1) is 13.4. The Morgan fingerprint density at radius 2 is 2.11 bits per heavy atom. The summed E-state index contributed by atoms with van der Waals surface area (Å²) in [6.07, 6.45) is 4.78. The van der Waals surface area contributed by atoms with Crippen molar-refractivity contribution in [2.75, 3.05) is 24.7 Å². The predicted molar refractivity (Wildman–Crippen MR) is 103 cm³/mol. The van der Waals surface area contributed by atoms with Gasteiger partial charge < -0.3 is 14.7 Å². The zero-order valence-corrected chi connectivity index (χ0v) is 16.4. The summed E-state index contributed by atoms with van der Waals surface area (Å²) < 4.78 is 30.8. The molecule has 1 aliphatic carbocycles. The van der Waals surface area contributed by atoms with Gasteiger partial charge in [0.1, 0.15) is 0 Å². The molecule has 4 rings (SSSR count). The van der Waals surface area contributed by atoms with Gasteiger partial charge in [0.05, 0.1) is 6.26 Å². The molecule has 10 heteroatoms. The molecule has 1 aliphatic heterocycles. The van der Waals surface area contributed by atoms with E-state index < -0.39 is 10.0 Å². The predicted octanol–water partition coefficient (Wildman–Crippen LogP) is 2.16. The number of piperidine rings is 1. The van der Waals surface area contributed by atoms with E-state index in [-0.39, 0.29) is 12.1 Å². The molecule has 2 amide bonds. The highest BCUT2D eigenvalue weighted by Gasteiger charge is 2.29. The zero-order valence-electron chi connectivity index (χ0n) is 15.6. The van der Waals surface area contributed by atoms with Crippen LogP contribution in [0.25, 0.3) is 11.5 Å². The number of hydrogen-bond donors (Lipinski definition) is 2. The summed E-state index contributed by atoms with van der Waals surface area (Å²) in [5.41, 5.74) is 1.36. The van der Waals surface area contributed by atoms with Crippen LogP contribution in [0, 0.1) is 0 Å². The monoisotopic (exact) mass is 405 g/mol. The molecule has 2 heterocycles. The quantitative estimate of drug-likeness (QED) is 0.787. The number of benzene rings is 1. The van der Waals surface area contributed by atoms with Crippen molar-refractivity contribution >= 4 is 21.7 Å². The molecule has 1 aromatic heterocycles. The van der Waals surface area contributed by atoms with Crippen LogP contribution in [-0.4, -0.2) is 54.9 Å². The lowest BCUT2D eigenvalue weighted by molar-refractivity contribution is 0.190. The largest absolute Gasteiger partial charge is 0.334 e. The zero-order chi connectivity index (χ0) is 19.7. The van der Waals surface area contributed by atoms with Gasteiger partial charge in [-0.05, 0) is 43.9 Å². The molecule has 2 N–H and O–H groups in total. The highest BCUT2D eigenvalue weighted by Crippen LogP contribution is 2.39. The maximum absolute atomic E-state index is 12.6. The lowest BCUT2D eigenvalue weighted by Gasteiger charge is -2.32. The molecule has 1 saturated heterocycles. The Morgan fingerprint density at radius 1 is 1.29 bits per heavy atom. The van der Waals surface area contributed by atoms with Gasteiger partial charge in [-0.2, -0.15) is 4.98 Å². The Morgan fingerprint density at radius 3 is 2.86 bits per heavy atom. The van der Waals surface area contributed by atoms with E-state index >= 15 is 0 Å². The van der Waals surface area contributed by atoms with Crippen molar-refractivity contribution in [1.29, 1.82) is 0 Å². The lowest BCUT2D eigenvalue weighted by atomic mass is 10.1. The summed E-state index contributed by atoms with van der Waals surface area (Å²) in [7, 11) is -3.30. The van der Waals surface area contributed by atoms with Crippen molar-refractivity contribution in [2.24, 2.45) is 0 Å². The van der Waals surface area contributed by atoms with Crippen LogP contribution in [0.1, 0.15) is 37.4 Å². The molecule has 0 radical (unpaired) electrons. The van der Waals surface area contributed by atoms with E-state index in [0.717, 1.165) is 36.9 Å². The van der Waals surface area contributed by atoms with Gasteiger partial charge in [-0.3, -0.25) is 0 Å². The highest BCUT2D eigenvalue weighted by atomic mass is 32.2. The SMILES string of the molecule is CS(=O)(=O)N[C@@H]1CCCN(C(=O)Nc2cccc(-c3nc(C4CC4)no3)c2)C1. The third-order valence-electron chi connectivity index (χ3n) is 4.83. The molecule has 2 aromatic rings. The number of rotatable bonds is 5. The number of sulfonamides is 1. The van der Waals surface area contributed by atoms with Crippen molar-refractivity contribution in [3.63, 3.8) is 0 Å². The van der Waals surface area contributed by atoms with Crippen molar-refractivity contribution in [3.05, 3.63) is 30.1 Å². The van der Waals surface area contributed by atoms with Crippen LogP contribution in [0.15, 0.2) is 28.8 Å². The number of anilines is 1. The molecule has 0 unspecified atom stereocenters. The summed E-state index contributed by atoms with van der Waals surface area (Å²) >= 11 is 0. The third kappa shape index (κ3) is 4.68. The molecule has 1 aromatic carbocycles. The van der Waals surface area contributed by atoms with Crippen molar-refractivity contribution < 1.29 is 17.7 Å². The van der Waals surface area contributed by atoms with Crippen LogP contribution < -0.4 is 10.0 Å². The number of carbonyl (C=O) groups excluding carboxylic acids is 1. The number of aromatic nitrogens is 2. The molecular formula is C18H23N5O4S. The summed E-state index contributed by atoms with van der Waals surface area (Å²) in [6, 6.07) is 6.72. The van der Waals surface area contributed by atoms with Gasteiger partial charge in [0.2, 0.25) is 10.0 Å². The van der Waals surface area contributed by atoms with E-state index in [4.69, 9.17) is 4.52 Å². The number of carbonyl (C=O) groups is 1. The Labute approximate surface area is 163 Å². The minimum Gasteiger partial charge on any atom is -0.334 e. The lowest BCUT2D eigenvalue weighted by Crippen LogP contribution is -2.50. The Kier molecular flexibility index (Phi) is 5.07. The number of urea groups is 1. The van der Waals surface area contributed by atoms with Gasteiger partial charge in [0.15, 0.2) is 5.82 Å². The van der Waals surface area contributed by atoms with E-state index in [0.29, 0.717) is 37.0 Å². The summed E-state index contributed by atoms with van der Waals surface area (Å²) in [5, 5.41) is 6.89. The number of hydrogen-bond acceptors (Lipinski definition) is 6. The van der Waals surface area contributed by atoms with E-state index in [1.807, 2.05) is 12.1 Å². The minimum atomic E-state index is -3.30.